The van der Waals surface area contributed by atoms with Crippen LogP contribution in [-0.2, 0) is 0 Å². The molecule has 2 heterocycles. The van der Waals surface area contributed by atoms with Crippen LogP contribution >= 0.6 is 27.3 Å². The fourth-order valence-corrected chi connectivity index (χ4v) is 2.60. The second kappa shape index (κ2) is 3.20. The molecule has 2 aromatic heterocycles. The number of fused-ring (bicyclic) bond motifs is 1. The first kappa shape index (κ1) is 8.84. The Kier molecular flexibility index (Phi) is 2.17. The third-order valence-electron chi connectivity index (χ3n) is 1.77. The number of carbonyl (C=O) groups excluding carboxylic acids is 1. The van der Waals surface area contributed by atoms with E-state index >= 15 is 0 Å². The molecule has 2 nitrogen and oxygen atoms in total. The lowest BCUT2D eigenvalue weighted by molar-refractivity contribution is 0.101. The molecule has 0 aliphatic heterocycles. The van der Waals surface area contributed by atoms with Crippen LogP contribution in [0.1, 0.15) is 17.4 Å². The van der Waals surface area contributed by atoms with Crippen LogP contribution in [0.2, 0.25) is 0 Å². The number of nitrogens with zero attached hydrogens (tertiary/aromatic N) is 1. The van der Waals surface area contributed by atoms with Crippen molar-refractivity contribution in [1.29, 1.82) is 0 Å². The lowest BCUT2D eigenvalue weighted by atomic mass is 10.2. The molecule has 0 aliphatic carbocycles. The second-order valence-corrected chi connectivity index (χ2v) is 4.47. The van der Waals surface area contributed by atoms with E-state index in [9.17, 15) is 4.79 Å². The molecule has 4 heteroatoms. The summed E-state index contributed by atoms with van der Waals surface area (Å²) in [4.78, 5) is 15.1. The minimum Gasteiger partial charge on any atom is -0.293 e. The molecule has 0 N–H and O–H groups in total. The van der Waals surface area contributed by atoms with E-state index in [0.29, 0.717) is 5.69 Å². The smallest absolute Gasteiger partial charge is 0.178 e. The Morgan fingerprint density at radius 1 is 1.62 bits per heavy atom. The van der Waals surface area contributed by atoms with Gasteiger partial charge in [-0.2, -0.15) is 0 Å². The average molecular weight is 256 g/mol. The summed E-state index contributed by atoms with van der Waals surface area (Å²) in [7, 11) is 0. The SMILES string of the molecule is CC(=O)c1cc2c(Br)csc2cn1. The molecule has 0 fully saturated rings. The van der Waals surface area contributed by atoms with Crippen molar-refractivity contribution >= 4 is 43.1 Å². The van der Waals surface area contributed by atoms with E-state index in [-0.39, 0.29) is 5.78 Å². The standard InChI is InChI=1S/C9H6BrNOS/c1-5(12)8-2-6-7(10)4-13-9(6)3-11-8/h2-4H,1H3. The van der Waals surface area contributed by atoms with Crippen molar-refractivity contribution in [2.45, 2.75) is 6.92 Å². The minimum absolute atomic E-state index is 0.000000000000000444. The minimum atomic E-state index is 0.000000000000000444. The highest BCUT2D eigenvalue weighted by atomic mass is 79.9. The maximum Gasteiger partial charge on any atom is 0.178 e. The van der Waals surface area contributed by atoms with E-state index in [1.165, 1.54) is 6.92 Å². The maximum atomic E-state index is 11.0. The molecular formula is C9H6BrNOS. The Balaban J connectivity index is 2.72. The molecule has 0 radical (unpaired) electrons. The van der Waals surface area contributed by atoms with E-state index in [1.807, 2.05) is 11.4 Å². The first-order valence-corrected chi connectivity index (χ1v) is 5.39. The Bertz CT molecular complexity index is 477. The summed E-state index contributed by atoms with van der Waals surface area (Å²) >= 11 is 5.04. The van der Waals surface area contributed by atoms with E-state index in [1.54, 1.807) is 17.5 Å². The highest BCUT2D eigenvalue weighted by Crippen LogP contribution is 2.29. The summed E-state index contributed by atoms with van der Waals surface area (Å²) in [6, 6.07) is 1.82. The third kappa shape index (κ3) is 1.51. The number of ketones is 1. The molecule has 0 aliphatic rings. The van der Waals surface area contributed by atoms with Gasteiger partial charge in [-0.1, -0.05) is 0 Å². The number of halogens is 1. The van der Waals surface area contributed by atoms with Crippen molar-refractivity contribution in [2.24, 2.45) is 0 Å². The van der Waals surface area contributed by atoms with Gasteiger partial charge in [0.2, 0.25) is 0 Å². The second-order valence-electron chi connectivity index (χ2n) is 2.71. The van der Waals surface area contributed by atoms with Crippen LogP contribution in [0.15, 0.2) is 22.1 Å². The van der Waals surface area contributed by atoms with Gasteiger partial charge in [-0.15, -0.1) is 11.3 Å². The molecule has 0 bridgehead atoms. The summed E-state index contributed by atoms with van der Waals surface area (Å²) in [6.07, 6.45) is 1.74. The summed E-state index contributed by atoms with van der Waals surface area (Å²) in [6.45, 7) is 1.52. The zero-order valence-electron chi connectivity index (χ0n) is 6.87. The zero-order chi connectivity index (χ0) is 9.42. The fraction of sp³-hybridized carbons (Fsp3) is 0.111. The van der Waals surface area contributed by atoms with E-state index in [0.717, 1.165) is 14.6 Å². The number of pyridine rings is 1. The molecule has 0 amide bonds. The van der Waals surface area contributed by atoms with Crippen LogP contribution in [0.4, 0.5) is 0 Å². The Labute approximate surface area is 87.7 Å². The van der Waals surface area contributed by atoms with E-state index < -0.39 is 0 Å². The number of rotatable bonds is 1. The lowest BCUT2D eigenvalue weighted by Gasteiger charge is -1.94. The maximum absolute atomic E-state index is 11.0. The van der Waals surface area contributed by atoms with Gasteiger partial charge in [0.25, 0.3) is 0 Å². The van der Waals surface area contributed by atoms with E-state index in [2.05, 4.69) is 20.9 Å². The average Bonchev–Trinajstić information content (AvgIpc) is 2.47. The molecule has 0 atom stereocenters. The quantitative estimate of drug-likeness (QED) is 0.733. The number of Topliss-reactive ketones (excluding diaryl/α,β-unsaturated/α-hetero) is 1. The van der Waals surface area contributed by atoms with Gasteiger partial charge in [0.15, 0.2) is 5.78 Å². The summed E-state index contributed by atoms with van der Waals surface area (Å²) in [5.74, 6) is 0.000000000000000444. The molecule has 0 aromatic carbocycles. The molecule has 2 rings (SSSR count). The van der Waals surface area contributed by atoms with Crippen LogP contribution in [-0.4, -0.2) is 10.8 Å². The van der Waals surface area contributed by atoms with Gasteiger partial charge in [-0.3, -0.25) is 9.78 Å². The van der Waals surface area contributed by atoms with Gasteiger partial charge in [0.05, 0.1) is 4.70 Å². The van der Waals surface area contributed by atoms with Crippen molar-refractivity contribution in [3.05, 3.63) is 27.8 Å². The number of hydrogen-bond donors (Lipinski definition) is 0. The van der Waals surface area contributed by atoms with Crippen LogP contribution in [0.5, 0.6) is 0 Å². The lowest BCUT2D eigenvalue weighted by Crippen LogP contribution is -1.94. The molecule has 0 saturated heterocycles. The third-order valence-corrected chi connectivity index (χ3v) is 3.67. The van der Waals surface area contributed by atoms with Crippen LogP contribution in [0.25, 0.3) is 10.1 Å². The zero-order valence-corrected chi connectivity index (χ0v) is 9.28. The first-order valence-electron chi connectivity index (χ1n) is 3.72. The predicted octanol–water partition coefficient (Wildman–Crippen LogP) is 3.26. The molecule has 2 aromatic rings. The fourth-order valence-electron chi connectivity index (χ4n) is 1.09. The van der Waals surface area contributed by atoms with Gasteiger partial charge in [0, 0.05) is 28.4 Å². The first-order chi connectivity index (χ1) is 6.18. The number of hydrogen-bond acceptors (Lipinski definition) is 3. The summed E-state index contributed by atoms with van der Waals surface area (Å²) in [5, 5.41) is 3.06. The van der Waals surface area contributed by atoms with Crippen LogP contribution in [0, 0.1) is 0 Å². The van der Waals surface area contributed by atoms with Crippen molar-refractivity contribution in [3.8, 4) is 0 Å². The van der Waals surface area contributed by atoms with Gasteiger partial charge >= 0.3 is 0 Å². The molecule has 0 unspecified atom stereocenters. The molecular weight excluding hydrogens is 250 g/mol. The molecule has 0 spiro atoms. The predicted molar refractivity (Wildman–Crippen MR) is 57.3 cm³/mol. The summed E-state index contributed by atoms with van der Waals surface area (Å²) < 4.78 is 2.12. The Hall–Kier alpha value is -0.740. The highest BCUT2D eigenvalue weighted by molar-refractivity contribution is 9.10. The van der Waals surface area contributed by atoms with Gasteiger partial charge < -0.3 is 0 Å². The van der Waals surface area contributed by atoms with E-state index in [4.69, 9.17) is 0 Å². The van der Waals surface area contributed by atoms with Crippen molar-refractivity contribution in [1.82, 2.24) is 4.98 Å². The van der Waals surface area contributed by atoms with Gasteiger partial charge in [0.1, 0.15) is 5.69 Å². The van der Waals surface area contributed by atoms with Crippen molar-refractivity contribution in [3.63, 3.8) is 0 Å². The van der Waals surface area contributed by atoms with Crippen LogP contribution < -0.4 is 0 Å². The number of carbonyl (C=O) groups is 1. The monoisotopic (exact) mass is 255 g/mol. The molecule has 66 valence electrons. The van der Waals surface area contributed by atoms with Crippen LogP contribution in [0.3, 0.4) is 0 Å². The highest BCUT2D eigenvalue weighted by Gasteiger charge is 2.05. The van der Waals surface area contributed by atoms with Crippen molar-refractivity contribution in [2.75, 3.05) is 0 Å². The Morgan fingerprint density at radius 3 is 3.08 bits per heavy atom. The Morgan fingerprint density at radius 2 is 2.38 bits per heavy atom. The molecule has 0 saturated carbocycles. The molecule has 13 heavy (non-hydrogen) atoms. The summed E-state index contributed by atoms with van der Waals surface area (Å²) in [5.41, 5.74) is 0.520. The topological polar surface area (TPSA) is 30.0 Å². The van der Waals surface area contributed by atoms with Crippen molar-refractivity contribution < 1.29 is 4.79 Å². The normalized spacial score (nSPS) is 10.6. The van der Waals surface area contributed by atoms with Gasteiger partial charge in [-0.25, -0.2) is 0 Å². The number of aromatic nitrogens is 1. The largest absolute Gasteiger partial charge is 0.293 e. The van der Waals surface area contributed by atoms with Gasteiger partial charge in [-0.05, 0) is 22.0 Å². The number of thiophene rings is 1.